The summed E-state index contributed by atoms with van der Waals surface area (Å²) in [7, 11) is 0.937. The normalized spacial score (nSPS) is 11.2. The molecule has 0 aromatic heterocycles. The SMILES string of the molecule is O=[N+]([O-])c1cc(S(=O)(=O)Cl)ccc1O. The van der Waals surface area contributed by atoms with Crippen molar-refractivity contribution in [3.63, 3.8) is 0 Å². The van der Waals surface area contributed by atoms with Gasteiger partial charge in [0.25, 0.3) is 9.05 Å². The van der Waals surface area contributed by atoms with Crippen molar-refractivity contribution < 1.29 is 18.4 Å². The highest BCUT2D eigenvalue weighted by molar-refractivity contribution is 8.13. The Balaban J connectivity index is 3.42. The van der Waals surface area contributed by atoms with Crippen molar-refractivity contribution in [2.45, 2.75) is 4.90 Å². The predicted molar refractivity (Wildman–Crippen MR) is 47.8 cm³/mol. The summed E-state index contributed by atoms with van der Waals surface area (Å²) in [6, 6.07) is 2.57. The van der Waals surface area contributed by atoms with Crippen molar-refractivity contribution >= 4 is 25.4 Å². The first-order chi connectivity index (χ1) is 6.32. The van der Waals surface area contributed by atoms with Crippen LogP contribution in [0.3, 0.4) is 0 Å². The zero-order chi connectivity index (χ0) is 10.9. The monoisotopic (exact) mass is 237 g/mol. The van der Waals surface area contributed by atoms with Gasteiger partial charge in [-0.1, -0.05) is 0 Å². The van der Waals surface area contributed by atoms with Gasteiger partial charge >= 0.3 is 5.69 Å². The van der Waals surface area contributed by atoms with Crippen LogP contribution in [0.15, 0.2) is 23.1 Å². The number of halogens is 1. The fourth-order valence-electron chi connectivity index (χ4n) is 0.801. The number of benzene rings is 1. The summed E-state index contributed by atoms with van der Waals surface area (Å²) in [6.45, 7) is 0. The number of nitro benzene ring substituents is 1. The molecule has 14 heavy (non-hydrogen) atoms. The van der Waals surface area contributed by atoms with Gasteiger partial charge in [0.05, 0.1) is 9.82 Å². The average molecular weight is 238 g/mol. The highest BCUT2D eigenvalue weighted by Crippen LogP contribution is 2.29. The topological polar surface area (TPSA) is 97.5 Å². The third-order valence-corrected chi connectivity index (χ3v) is 2.78. The van der Waals surface area contributed by atoms with Gasteiger partial charge in [-0.05, 0) is 12.1 Å². The molecule has 76 valence electrons. The molecule has 0 saturated carbocycles. The number of nitrogens with zero attached hydrogens (tertiary/aromatic N) is 1. The number of aromatic hydroxyl groups is 1. The Labute approximate surface area is 83.3 Å². The van der Waals surface area contributed by atoms with Gasteiger partial charge in [0.2, 0.25) is 0 Å². The molecule has 0 bridgehead atoms. The largest absolute Gasteiger partial charge is 0.502 e. The van der Waals surface area contributed by atoms with Crippen molar-refractivity contribution in [1.29, 1.82) is 0 Å². The minimum Gasteiger partial charge on any atom is -0.502 e. The molecule has 0 aliphatic carbocycles. The molecule has 0 aliphatic heterocycles. The summed E-state index contributed by atoms with van der Waals surface area (Å²) in [4.78, 5) is 8.98. The van der Waals surface area contributed by atoms with E-state index >= 15 is 0 Å². The van der Waals surface area contributed by atoms with Gasteiger partial charge in [-0.25, -0.2) is 8.42 Å². The molecule has 0 fully saturated rings. The maximum absolute atomic E-state index is 10.8. The van der Waals surface area contributed by atoms with E-state index in [1.165, 1.54) is 0 Å². The van der Waals surface area contributed by atoms with E-state index in [9.17, 15) is 18.5 Å². The number of phenolic OH excluding ortho intramolecular Hbond substituents is 1. The van der Waals surface area contributed by atoms with Crippen LogP contribution in [0.2, 0.25) is 0 Å². The molecule has 0 atom stereocenters. The van der Waals surface area contributed by atoms with E-state index in [0.717, 1.165) is 12.1 Å². The molecule has 0 heterocycles. The summed E-state index contributed by atoms with van der Waals surface area (Å²) in [6.07, 6.45) is 0. The summed E-state index contributed by atoms with van der Waals surface area (Å²) >= 11 is 0. The molecule has 0 aliphatic rings. The Bertz CT molecular complexity index is 483. The Morgan fingerprint density at radius 1 is 1.43 bits per heavy atom. The fraction of sp³-hybridized carbons (Fsp3) is 0. The van der Waals surface area contributed by atoms with Crippen molar-refractivity contribution in [3.05, 3.63) is 28.3 Å². The van der Waals surface area contributed by atoms with Crippen LogP contribution in [0, 0.1) is 10.1 Å². The molecule has 0 radical (unpaired) electrons. The zero-order valence-corrected chi connectivity index (χ0v) is 8.12. The maximum atomic E-state index is 10.8. The van der Waals surface area contributed by atoms with Crippen LogP contribution in [0.25, 0.3) is 0 Å². The molecule has 0 saturated heterocycles. The highest BCUT2D eigenvalue weighted by Gasteiger charge is 2.18. The first kappa shape index (κ1) is 10.7. The lowest BCUT2D eigenvalue weighted by Crippen LogP contribution is -1.94. The van der Waals surface area contributed by atoms with Crippen molar-refractivity contribution in [2.24, 2.45) is 0 Å². The lowest BCUT2D eigenvalue weighted by atomic mass is 10.3. The second kappa shape index (κ2) is 3.43. The predicted octanol–water partition coefficient (Wildman–Crippen LogP) is 1.23. The third kappa shape index (κ3) is 2.12. The number of phenols is 1. The summed E-state index contributed by atoms with van der Waals surface area (Å²) in [5.41, 5.74) is -0.702. The Morgan fingerprint density at radius 3 is 2.43 bits per heavy atom. The lowest BCUT2D eigenvalue weighted by Gasteiger charge is -1.98. The van der Waals surface area contributed by atoms with E-state index < -0.39 is 30.3 Å². The number of rotatable bonds is 2. The van der Waals surface area contributed by atoms with Crippen LogP contribution in [0.5, 0.6) is 5.75 Å². The average Bonchev–Trinajstić information content (AvgIpc) is 2.02. The van der Waals surface area contributed by atoms with Crippen LogP contribution >= 0.6 is 10.7 Å². The van der Waals surface area contributed by atoms with E-state index in [-0.39, 0.29) is 0 Å². The summed E-state index contributed by atoms with van der Waals surface area (Å²) in [5.74, 6) is -0.612. The Kier molecular flexibility index (Phi) is 2.63. The van der Waals surface area contributed by atoms with E-state index in [2.05, 4.69) is 0 Å². The standard InChI is InChI=1S/C6H4ClNO5S/c7-14(12,13)4-1-2-6(9)5(3-4)8(10)11/h1-3,9H. The van der Waals surface area contributed by atoms with Crippen molar-refractivity contribution in [1.82, 2.24) is 0 Å². The van der Waals surface area contributed by atoms with E-state index in [1.807, 2.05) is 0 Å². The van der Waals surface area contributed by atoms with Gasteiger partial charge in [-0.15, -0.1) is 0 Å². The van der Waals surface area contributed by atoms with Crippen molar-refractivity contribution in [3.8, 4) is 5.75 Å². The van der Waals surface area contributed by atoms with Gasteiger partial charge in [-0.3, -0.25) is 10.1 Å². The van der Waals surface area contributed by atoms with Gasteiger partial charge in [0.1, 0.15) is 0 Å². The van der Waals surface area contributed by atoms with Gasteiger partial charge < -0.3 is 5.11 Å². The molecule has 0 unspecified atom stereocenters. The summed E-state index contributed by atoms with van der Waals surface area (Å²) < 4.78 is 21.6. The Morgan fingerprint density at radius 2 is 2.00 bits per heavy atom. The maximum Gasteiger partial charge on any atom is 0.312 e. The first-order valence-corrected chi connectivity index (χ1v) is 5.55. The number of hydrogen-bond donors (Lipinski definition) is 1. The Hall–Kier alpha value is -1.34. The molecule has 1 rings (SSSR count). The van der Waals surface area contributed by atoms with Gasteiger partial charge in [0.15, 0.2) is 5.75 Å². The summed E-state index contributed by atoms with van der Waals surface area (Å²) in [5, 5.41) is 19.3. The molecule has 0 spiro atoms. The van der Waals surface area contributed by atoms with Crippen LogP contribution in [-0.4, -0.2) is 18.4 Å². The van der Waals surface area contributed by atoms with E-state index in [4.69, 9.17) is 15.8 Å². The van der Waals surface area contributed by atoms with Gasteiger partial charge in [-0.2, -0.15) is 0 Å². The minimum absolute atomic E-state index is 0.427. The molecular formula is C6H4ClNO5S. The number of nitro groups is 1. The highest BCUT2D eigenvalue weighted by atomic mass is 35.7. The van der Waals surface area contributed by atoms with Crippen molar-refractivity contribution in [2.75, 3.05) is 0 Å². The second-order valence-electron chi connectivity index (χ2n) is 2.35. The number of hydrogen-bond acceptors (Lipinski definition) is 5. The fourth-order valence-corrected chi connectivity index (χ4v) is 1.57. The van der Waals surface area contributed by atoms with Crippen LogP contribution in [0.4, 0.5) is 5.69 Å². The molecule has 0 amide bonds. The second-order valence-corrected chi connectivity index (χ2v) is 4.91. The molecule has 6 nitrogen and oxygen atoms in total. The van der Waals surface area contributed by atoms with E-state index in [0.29, 0.717) is 6.07 Å². The lowest BCUT2D eigenvalue weighted by molar-refractivity contribution is -0.386. The smallest absolute Gasteiger partial charge is 0.312 e. The first-order valence-electron chi connectivity index (χ1n) is 3.24. The van der Waals surface area contributed by atoms with Crippen LogP contribution in [0.1, 0.15) is 0 Å². The van der Waals surface area contributed by atoms with Crippen LogP contribution in [-0.2, 0) is 9.05 Å². The quantitative estimate of drug-likeness (QED) is 0.474. The molecule has 1 aromatic rings. The minimum atomic E-state index is -4.02. The molecule has 1 N–H and O–H groups in total. The van der Waals surface area contributed by atoms with Crippen LogP contribution < -0.4 is 0 Å². The molecule has 1 aromatic carbocycles. The molecular weight excluding hydrogens is 234 g/mol. The zero-order valence-electron chi connectivity index (χ0n) is 6.55. The molecule has 8 heteroatoms. The van der Waals surface area contributed by atoms with Gasteiger partial charge in [0, 0.05) is 16.7 Å². The van der Waals surface area contributed by atoms with E-state index in [1.54, 1.807) is 0 Å². The third-order valence-electron chi connectivity index (χ3n) is 1.43.